The summed E-state index contributed by atoms with van der Waals surface area (Å²) < 4.78 is 43.0. The third kappa shape index (κ3) is 4.27. The lowest BCUT2D eigenvalue weighted by Gasteiger charge is -2.10. The average Bonchev–Trinajstić information content (AvgIpc) is 2.30. The van der Waals surface area contributed by atoms with Crippen LogP contribution in [0.5, 0.6) is 0 Å². The van der Waals surface area contributed by atoms with E-state index in [1.54, 1.807) is 6.92 Å². The second-order valence-corrected chi connectivity index (χ2v) is 4.36. The molecule has 0 unspecified atom stereocenters. The highest BCUT2D eigenvalue weighted by Crippen LogP contribution is 2.28. The smallest absolute Gasteiger partial charge is 0.433 e. The number of ether oxygens (including phenoxy) is 1. The van der Waals surface area contributed by atoms with Crippen LogP contribution in [0.4, 0.5) is 13.2 Å². The first-order chi connectivity index (χ1) is 8.75. The van der Waals surface area contributed by atoms with Gasteiger partial charge in [0, 0.05) is 13.1 Å². The highest BCUT2D eigenvalue weighted by molar-refractivity contribution is 7.99. The topological polar surface area (TPSA) is 61.2 Å². The Morgan fingerprint density at radius 3 is 2.68 bits per heavy atom. The normalized spacial score (nSPS) is 11.4. The molecule has 0 N–H and O–H groups in total. The minimum Gasteiger partial charge on any atom is -0.465 e. The van der Waals surface area contributed by atoms with Crippen molar-refractivity contribution >= 4 is 17.7 Å². The van der Waals surface area contributed by atoms with Gasteiger partial charge in [0.15, 0.2) is 10.9 Å². The highest BCUT2D eigenvalue weighted by Gasteiger charge is 2.34. The van der Waals surface area contributed by atoms with Crippen LogP contribution in [0.15, 0.2) is 16.0 Å². The van der Waals surface area contributed by atoms with Crippen molar-refractivity contribution in [2.24, 2.45) is 7.05 Å². The molecule has 0 amide bonds. The number of hydrogen-bond donors (Lipinski definition) is 0. The first kappa shape index (κ1) is 15.5. The Labute approximate surface area is 110 Å². The van der Waals surface area contributed by atoms with Crippen molar-refractivity contribution in [3.8, 4) is 0 Å². The molecule has 0 aliphatic carbocycles. The van der Waals surface area contributed by atoms with E-state index in [0.29, 0.717) is 17.8 Å². The molecule has 0 atom stereocenters. The van der Waals surface area contributed by atoms with Crippen LogP contribution in [-0.2, 0) is 22.8 Å². The van der Waals surface area contributed by atoms with E-state index in [-0.39, 0.29) is 17.5 Å². The predicted molar refractivity (Wildman–Crippen MR) is 61.8 cm³/mol. The maximum absolute atomic E-state index is 12.5. The molecule has 0 spiro atoms. The summed E-state index contributed by atoms with van der Waals surface area (Å²) in [6, 6.07) is 0.411. The molecule has 0 aliphatic rings. The van der Waals surface area contributed by atoms with Gasteiger partial charge in [0.05, 0.1) is 12.4 Å². The van der Waals surface area contributed by atoms with Gasteiger partial charge in [0.25, 0.3) is 5.56 Å². The van der Waals surface area contributed by atoms with E-state index >= 15 is 0 Å². The van der Waals surface area contributed by atoms with Crippen LogP contribution in [0.2, 0.25) is 0 Å². The summed E-state index contributed by atoms with van der Waals surface area (Å²) in [5.74, 6) is -0.797. The number of thioether (sulfide) groups is 1. The Bertz CT molecular complexity index is 528. The van der Waals surface area contributed by atoms with Crippen molar-refractivity contribution in [1.82, 2.24) is 9.55 Å². The van der Waals surface area contributed by atoms with Crippen LogP contribution < -0.4 is 5.56 Å². The van der Waals surface area contributed by atoms with E-state index < -0.39 is 23.4 Å². The third-order valence-electron chi connectivity index (χ3n) is 2.01. The molecule has 5 nitrogen and oxygen atoms in total. The molecule has 9 heteroatoms. The Balaban J connectivity index is 2.97. The van der Waals surface area contributed by atoms with Crippen LogP contribution in [0, 0.1) is 0 Å². The quantitative estimate of drug-likeness (QED) is 0.478. The van der Waals surface area contributed by atoms with Crippen LogP contribution in [0.25, 0.3) is 0 Å². The van der Waals surface area contributed by atoms with Gasteiger partial charge in [-0.2, -0.15) is 13.2 Å². The van der Waals surface area contributed by atoms with E-state index in [9.17, 15) is 22.8 Å². The summed E-state index contributed by atoms with van der Waals surface area (Å²) in [4.78, 5) is 25.8. The molecule has 106 valence electrons. The minimum absolute atomic E-state index is 0.175. The number of alkyl halides is 3. The first-order valence-corrected chi connectivity index (χ1v) is 6.18. The Morgan fingerprint density at radius 1 is 1.53 bits per heavy atom. The minimum atomic E-state index is -4.70. The summed E-state index contributed by atoms with van der Waals surface area (Å²) in [5.41, 5.74) is -2.12. The number of carbonyl (C=O) groups excluding carboxylic acids is 1. The molecular formula is C10H11F3N2O3S. The first-order valence-electron chi connectivity index (χ1n) is 5.19. The zero-order chi connectivity index (χ0) is 14.6. The molecule has 0 bridgehead atoms. The van der Waals surface area contributed by atoms with E-state index in [1.807, 2.05) is 0 Å². The molecule has 1 rings (SSSR count). The van der Waals surface area contributed by atoms with E-state index in [1.165, 1.54) is 7.05 Å². The molecule has 19 heavy (non-hydrogen) atoms. The molecule has 1 aromatic rings. The summed E-state index contributed by atoms with van der Waals surface area (Å²) in [7, 11) is 1.28. The highest BCUT2D eigenvalue weighted by atomic mass is 32.2. The number of aromatic nitrogens is 2. The number of halogens is 3. The molecule has 0 radical (unpaired) electrons. The zero-order valence-electron chi connectivity index (χ0n) is 10.2. The Hall–Kier alpha value is -1.51. The predicted octanol–water partition coefficient (Wildman–Crippen LogP) is 1.45. The molecule has 0 fully saturated rings. The van der Waals surface area contributed by atoms with E-state index in [4.69, 9.17) is 0 Å². The molecule has 1 heterocycles. The fourth-order valence-corrected chi connectivity index (χ4v) is 1.90. The standard InChI is InChI=1S/C10H11F3N2O3S/c1-3-18-8(17)5-19-9-14-6(10(11,12)13)4-7(16)15(9)2/h4H,3,5H2,1-2H3. The lowest BCUT2D eigenvalue weighted by molar-refractivity contribution is -0.142. The third-order valence-corrected chi connectivity index (χ3v) is 3.01. The maximum atomic E-state index is 12.5. The molecule has 0 aliphatic heterocycles. The zero-order valence-corrected chi connectivity index (χ0v) is 11.0. The summed E-state index contributed by atoms with van der Waals surface area (Å²) in [6.45, 7) is 1.79. The lowest BCUT2D eigenvalue weighted by Crippen LogP contribution is -2.24. The summed E-state index contributed by atoms with van der Waals surface area (Å²) >= 11 is 0.717. The molecule has 0 saturated heterocycles. The van der Waals surface area contributed by atoms with Gasteiger partial charge in [-0.3, -0.25) is 14.2 Å². The van der Waals surface area contributed by atoms with E-state index in [0.717, 1.165) is 4.57 Å². The number of rotatable bonds is 4. The van der Waals surface area contributed by atoms with Gasteiger partial charge >= 0.3 is 12.1 Å². The maximum Gasteiger partial charge on any atom is 0.433 e. The number of esters is 1. The van der Waals surface area contributed by atoms with Crippen molar-refractivity contribution < 1.29 is 22.7 Å². The molecule has 0 aromatic carbocycles. The van der Waals surface area contributed by atoms with Gasteiger partial charge in [0.2, 0.25) is 0 Å². The fourth-order valence-electron chi connectivity index (χ4n) is 1.12. The van der Waals surface area contributed by atoms with Crippen LogP contribution >= 0.6 is 11.8 Å². The van der Waals surface area contributed by atoms with Gasteiger partial charge in [-0.05, 0) is 6.92 Å². The van der Waals surface area contributed by atoms with Gasteiger partial charge in [-0.1, -0.05) is 11.8 Å². The number of hydrogen-bond acceptors (Lipinski definition) is 5. The van der Waals surface area contributed by atoms with Gasteiger partial charge in [-0.25, -0.2) is 4.98 Å². The Kier molecular flexibility index (Phi) is 4.98. The van der Waals surface area contributed by atoms with Crippen molar-refractivity contribution in [3.05, 3.63) is 22.1 Å². The lowest BCUT2D eigenvalue weighted by atomic mass is 10.4. The summed E-state index contributed by atoms with van der Waals surface area (Å²) in [6.07, 6.45) is -4.70. The number of carbonyl (C=O) groups is 1. The average molecular weight is 296 g/mol. The van der Waals surface area contributed by atoms with Crippen LogP contribution in [-0.4, -0.2) is 27.9 Å². The second-order valence-electron chi connectivity index (χ2n) is 3.41. The van der Waals surface area contributed by atoms with Crippen molar-refractivity contribution in [1.29, 1.82) is 0 Å². The van der Waals surface area contributed by atoms with Crippen LogP contribution in [0.3, 0.4) is 0 Å². The molecule has 1 aromatic heterocycles. The van der Waals surface area contributed by atoms with Gasteiger partial charge in [0.1, 0.15) is 0 Å². The number of nitrogens with zero attached hydrogens (tertiary/aromatic N) is 2. The largest absolute Gasteiger partial charge is 0.465 e. The Morgan fingerprint density at radius 2 is 2.16 bits per heavy atom. The van der Waals surface area contributed by atoms with E-state index in [2.05, 4.69) is 9.72 Å². The van der Waals surface area contributed by atoms with Crippen LogP contribution in [0.1, 0.15) is 12.6 Å². The molecule has 0 saturated carbocycles. The van der Waals surface area contributed by atoms with Crippen molar-refractivity contribution in [3.63, 3.8) is 0 Å². The molecular weight excluding hydrogens is 285 g/mol. The monoisotopic (exact) mass is 296 g/mol. The fraction of sp³-hybridized carbons (Fsp3) is 0.500. The van der Waals surface area contributed by atoms with Crippen molar-refractivity contribution in [2.45, 2.75) is 18.3 Å². The van der Waals surface area contributed by atoms with Crippen molar-refractivity contribution in [2.75, 3.05) is 12.4 Å². The SMILES string of the molecule is CCOC(=O)CSc1nc(C(F)(F)F)cc(=O)n1C. The summed E-state index contributed by atoms with van der Waals surface area (Å²) in [5, 5.41) is -0.187. The van der Waals surface area contributed by atoms with Gasteiger partial charge < -0.3 is 4.74 Å². The second kappa shape index (κ2) is 6.09. The van der Waals surface area contributed by atoms with Gasteiger partial charge in [-0.15, -0.1) is 0 Å².